The van der Waals surface area contributed by atoms with E-state index in [0.717, 1.165) is 17.7 Å². The Bertz CT molecular complexity index is 1230. The van der Waals surface area contributed by atoms with Crippen LogP contribution in [0.2, 0.25) is 0 Å². The second-order valence-electron chi connectivity index (χ2n) is 12.0. The van der Waals surface area contributed by atoms with Crippen LogP contribution in [0.15, 0.2) is 40.8 Å². The zero-order valence-electron chi connectivity index (χ0n) is 25.7. The van der Waals surface area contributed by atoms with E-state index in [0.29, 0.717) is 38.0 Å². The number of carbonyl (C=O) groups is 4. The number of benzene rings is 1. The Kier molecular flexibility index (Phi) is 11.1. The highest BCUT2D eigenvalue weighted by molar-refractivity contribution is 8.00. The summed E-state index contributed by atoms with van der Waals surface area (Å²) in [6.07, 6.45) is 4.14. The molecule has 0 radical (unpaired) electrons. The minimum atomic E-state index is -0.811. The molecule has 2 N–H and O–H groups in total. The molecule has 10 nitrogen and oxygen atoms in total. The van der Waals surface area contributed by atoms with Crippen molar-refractivity contribution < 1.29 is 38.1 Å². The van der Waals surface area contributed by atoms with E-state index >= 15 is 0 Å². The average Bonchev–Trinajstić information content (AvgIpc) is 3.88. The first-order valence-corrected chi connectivity index (χ1v) is 16.0. The zero-order valence-corrected chi connectivity index (χ0v) is 26.6. The van der Waals surface area contributed by atoms with Gasteiger partial charge in [0.05, 0.1) is 24.4 Å². The largest absolute Gasteiger partial charge is 0.443 e. The molecule has 3 amide bonds. The molecule has 1 saturated carbocycles. The van der Waals surface area contributed by atoms with Gasteiger partial charge in [0.15, 0.2) is 0 Å². The summed E-state index contributed by atoms with van der Waals surface area (Å²) in [5.41, 5.74) is 1.05. The lowest BCUT2D eigenvalue weighted by Gasteiger charge is -2.42. The molecule has 2 aliphatic heterocycles. The molecule has 2 heterocycles. The highest BCUT2D eigenvalue weighted by Gasteiger charge is 2.72. The molecule has 4 rings (SSSR count). The Morgan fingerprint density at radius 3 is 2.60 bits per heavy atom. The molecule has 43 heavy (non-hydrogen) atoms. The minimum absolute atomic E-state index is 0.0124. The molecule has 11 heteroatoms. The van der Waals surface area contributed by atoms with Gasteiger partial charge in [-0.25, -0.2) is 4.79 Å². The Morgan fingerprint density at radius 2 is 1.93 bits per heavy atom. The first-order chi connectivity index (χ1) is 20.5. The highest BCUT2D eigenvalue weighted by atomic mass is 32.2. The van der Waals surface area contributed by atoms with Gasteiger partial charge in [-0.3, -0.25) is 19.7 Å². The summed E-state index contributed by atoms with van der Waals surface area (Å²) in [7, 11) is 1.61. The molecule has 1 aliphatic carbocycles. The molecular formula is C32H44N2O8S. The van der Waals surface area contributed by atoms with Crippen molar-refractivity contribution in [2.45, 2.75) is 107 Å². The van der Waals surface area contributed by atoms with Crippen molar-refractivity contribution in [3.05, 3.63) is 35.9 Å². The number of amides is 3. The molecular weight excluding hydrogens is 572 g/mol. The van der Waals surface area contributed by atoms with Gasteiger partial charge in [0.1, 0.15) is 29.2 Å². The van der Waals surface area contributed by atoms with Crippen LogP contribution >= 0.6 is 11.8 Å². The van der Waals surface area contributed by atoms with Gasteiger partial charge < -0.3 is 24.3 Å². The van der Waals surface area contributed by atoms with E-state index in [1.54, 1.807) is 25.3 Å². The van der Waals surface area contributed by atoms with Crippen molar-refractivity contribution >= 4 is 41.1 Å². The first kappa shape index (κ1) is 33.2. The van der Waals surface area contributed by atoms with Gasteiger partial charge in [-0.15, -0.1) is 11.8 Å². The van der Waals surface area contributed by atoms with Gasteiger partial charge in [0.25, 0.3) is 0 Å². The van der Waals surface area contributed by atoms with Crippen LogP contribution in [0, 0.1) is 5.92 Å². The SMILES string of the molecule is CCC(=O)CCCC(=O)Nc1cccc(SCC(=O)NC(=O)O[C@@H]2CC[C@]3(CO3)[C@@H](C3(C)O[C@@H]3CC=C(C)C)[C@@H]2OC)c1. The number of imide groups is 1. The van der Waals surface area contributed by atoms with Gasteiger partial charge in [0, 0.05) is 37.0 Å². The lowest BCUT2D eigenvalue weighted by Crippen LogP contribution is -2.56. The standard InChI is InChI=1S/C32H44N2O8S/c1-6-22(35)10-8-12-26(36)33-21-9-7-11-23(17-21)43-18-27(37)34-30(38)41-24-15-16-32(19-40-32)29(28(24)39-5)31(4)25(42-31)14-13-20(2)3/h7,9,11,13,17,24-25,28-29H,6,8,10,12,14-16,18-19H2,1-5H3,(H,33,36)(H,34,37,38)/t24-,25-,28-,29-,31?,32+/m1/s1. The molecule has 1 aromatic carbocycles. The fourth-order valence-electron chi connectivity index (χ4n) is 6.05. The minimum Gasteiger partial charge on any atom is -0.443 e. The molecule has 1 unspecified atom stereocenters. The van der Waals surface area contributed by atoms with Gasteiger partial charge >= 0.3 is 6.09 Å². The summed E-state index contributed by atoms with van der Waals surface area (Å²) in [4.78, 5) is 49.7. The number of anilines is 1. The summed E-state index contributed by atoms with van der Waals surface area (Å²) in [5.74, 6) is -0.642. The van der Waals surface area contributed by atoms with Crippen molar-refractivity contribution in [3.8, 4) is 0 Å². The number of ketones is 1. The summed E-state index contributed by atoms with van der Waals surface area (Å²) < 4.78 is 23.8. The molecule has 0 bridgehead atoms. The molecule has 1 spiro atoms. The van der Waals surface area contributed by atoms with Gasteiger partial charge in [-0.2, -0.15) is 0 Å². The van der Waals surface area contributed by atoms with Gasteiger partial charge in [-0.05, 0) is 64.7 Å². The number of nitrogens with one attached hydrogen (secondary N) is 2. The third-order valence-electron chi connectivity index (χ3n) is 8.48. The number of methoxy groups -OCH3 is 1. The number of ether oxygens (including phenoxy) is 4. The average molecular weight is 617 g/mol. The van der Waals surface area contributed by atoms with E-state index in [4.69, 9.17) is 18.9 Å². The molecule has 3 fully saturated rings. The maximum Gasteiger partial charge on any atom is 0.414 e. The van der Waals surface area contributed by atoms with Gasteiger partial charge in [0.2, 0.25) is 11.8 Å². The lowest BCUT2D eigenvalue weighted by atomic mass is 9.68. The van der Waals surface area contributed by atoms with E-state index in [1.807, 2.05) is 13.0 Å². The van der Waals surface area contributed by atoms with Crippen molar-refractivity contribution in [3.63, 3.8) is 0 Å². The summed E-state index contributed by atoms with van der Waals surface area (Å²) in [6.45, 7) is 8.64. The van der Waals surface area contributed by atoms with Crippen LogP contribution in [0.1, 0.15) is 72.6 Å². The molecule has 3 aliphatic rings. The summed E-state index contributed by atoms with van der Waals surface area (Å²) >= 11 is 1.24. The molecule has 1 aromatic rings. The number of carbonyl (C=O) groups excluding carboxylic acids is 4. The summed E-state index contributed by atoms with van der Waals surface area (Å²) in [5, 5.41) is 5.15. The maximum atomic E-state index is 12.8. The van der Waals surface area contributed by atoms with Crippen LogP contribution in [-0.2, 0) is 33.3 Å². The van der Waals surface area contributed by atoms with Crippen LogP contribution < -0.4 is 10.6 Å². The van der Waals surface area contributed by atoms with Crippen molar-refractivity contribution in [1.29, 1.82) is 0 Å². The Balaban J connectivity index is 1.25. The molecule has 0 aromatic heterocycles. The maximum absolute atomic E-state index is 12.8. The molecule has 6 atom stereocenters. The predicted octanol–water partition coefficient (Wildman–Crippen LogP) is 5.20. The molecule has 236 valence electrons. The van der Waals surface area contributed by atoms with E-state index in [9.17, 15) is 19.2 Å². The third kappa shape index (κ3) is 8.68. The quantitative estimate of drug-likeness (QED) is 0.164. The number of allylic oxidation sites excluding steroid dienone is 1. The number of thioether (sulfide) groups is 1. The lowest BCUT2D eigenvalue weighted by molar-refractivity contribution is -0.124. The van der Waals surface area contributed by atoms with Crippen LogP contribution in [0.5, 0.6) is 0 Å². The molecule has 2 saturated heterocycles. The second-order valence-corrected chi connectivity index (χ2v) is 13.0. The fraction of sp³-hybridized carbons (Fsp3) is 0.625. The van der Waals surface area contributed by atoms with Crippen LogP contribution in [0.4, 0.5) is 10.5 Å². The Morgan fingerprint density at radius 1 is 1.16 bits per heavy atom. The number of rotatable bonds is 14. The number of Topliss-reactive ketones (excluding diaryl/α,β-unsaturated/α-hetero) is 1. The monoisotopic (exact) mass is 616 g/mol. The smallest absolute Gasteiger partial charge is 0.414 e. The number of epoxide rings is 2. The third-order valence-corrected chi connectivity index (χ3v) is 9.47. The predicted molar refractivity (Wildman–Crippen MR) is 163 cm³/mol. The number of hydrogen-bond donors (Lipinski definition) is 2. The van der Waals surface area contributed by atoms with Gasteiger partial charge in [-0.1, -0.05) is 24.6 Å². The van der Waals surface area contributed by atoms with Crippen molar-refractivity contribution in [2.24, 2.45) is 5.92 Å². The number of hydrogen-bond acceptors (Lipinski definition) is 9. The second kappa shape index (κ2) is 14.4. The Labute approximate surface area is 258 Å². The van der Waals surface area contributed by atoms with E-state index in [1.165, 1.54) is 17.3 Å². The highest BCUT2D eigenvalue weighted by Crippen LogP contribution is 2.59. The fourth-order valence-corrected chi connectivity index (χ4v) is 6.80. The summed E-state index contributed by atoms with van der Waals surface area (Å²) in [6, 6.07) is 7.12. The van der Waals surface area contributed by atoms with Crippen LogP contribution in [0.3, 0.4) is 0 Å². The first-order valence-electron chi connectivity index (χ1n) is 15.0. The normalized spacial score (nSPS) is 29.0. The van der Waals surface area contributed by atoms with Crippen molar-refractivity contribution in [2.75, 3.05) is 24.8 Å². The topological polar surface area (TPSA) is 136 Å². The zero-order chi connectivity index (χ0) is 31.2. The Hall–Kier alpha value is -2.73. The van der Waals surface area contributed by atoms with E-state index in [2.05, 4.69) is 37.5 Å². The van der Waals surface area contributed by atoms with Crippen LogP contribution in [-0.4, -0.2) is 72.7 Å². The van der Waals surface area contributed by atoms with E-state index in [-0.39, 0.29) is 41.5 Å². The van der Waals surface area contributed by atoms with E-state index < -0.39 is 29.8 Å². The van der Waals surface area contributed by atoms with Crippen molar-refractivity contribution in [1.82, 2.24) is 5.32 Å². The van der Waals surface area contributed by atoms with Crippen LogP contribution in [0.25, 0.3) is 0 Å². The number of alkyl carbamates (subject to hydrolysis) is 1.